The molecule has 0 saturated heterocycles. The molecule has 0 N–H and O–H groups in total. The summed E-state index contributed by atoms with van der Waals surface area (Å²) >= 11 is 0. The molecule has 5 nitrogen and oxygen atoms in total. The Labute approximate surface area is 167 Å². The van der Waals surface area contributed by atoms with Gasteiger partial charge in [-0.3, -0.25) is 4.79 Å². The number of carbonyl (C=O) groups excluding carboxylic acids is 1. The molecular formula is C20H19F3N2O3S. The molecule has 1 heterocycles. The largest absolute Gasteiger partial charge is 0.416 e. The van der Waals surface area contributed by atoms with Crippen molar-refractivity contribution >= 4 is 27.7 Å². The number of sulfonamides is 1. The zero-order valence-electron chi connectivity index (χ0n) is 15.8. The van der Waals surface area contributed by atoms with Crippen molar-refractivity contribution in [2.75, 3.05) is 25.5 Å². The summed E-state index contributed by atoms with van der Waals surface area (Å²) in [7, 11) is -0.692. The molecule has 0 aromatic heterocycles. The molecule has 1 aliphatic rings. The van der Waals surface area contributed by atoms with Gasteiger partial charge in [0.25, 0.3) is 5.91 Å². The van der Waals surface area contributed by atoms with Gasteiger partial charge in [-0.2, -0.15) is 13.2 Å². The number of benzene rings is 2. The fourth-order valence-electron chi connectivity index (χ4n) is 3.05. The number of nitrogens with zero attached hydrogens (tertiary/aromatic N) is 2. The van der Waals surface area contributed by atoms with Crippen LogP contribution in [-0.2, 0) is 27.4 Å². The van der Waals surface area contributed by atoms with Crippen LogP contribution in [0.25, 0.3) is 6.08 Å². The molecule has 2 aromatic carbocycles. The molecular weight excluding hydrogens is 405 g/mol. The Morgan fingerprint density at radius 1 is 1.14 bits per heavy atom. The van der Waals surface area contributed by atoms with Crippen LogP contribution in [0, 0.1) is 0 Å². The summed E-state index contributed by atoms with van der Waals surface area (Å²) in [6.45, 7) is 0.368. The number of hydrogen-bond acceptors (Lipinski definition) is 3. The highest BCUT2D eigenvalue weighted by atomic mass is 32.2. The fourth-order valence-corrected chi connectivity index (χ4v) is 4.01. The van der Waals surface area contributed by atoms with E-state index in [1.54, 1.807) is 12.1 Å². The molecule has 154 valence electrons. The van der Waals surface area contributed by atoms with Gasteiger partial charge in [0.15, 0.2) is 0 Å². The molecule has 0 spiro atoms. The third-order valence-electron chi connectivity index (χ3n) is 4.62. The van der Waals surface area contributed by atoms with Crippen LogP contribution >= 0.6 is 0 Å². The van der Waals surface area contributed by atoms with Gasteiger partial charge < -0.3 is 4.90 Å². The standard InChI is InChI=1S/C20H19F3N2O3S/c1-24(2)29(27,28)17-7-8-18-15(13-17)10-11-25(18)19(26)9-6-14-4-3-5-16(12-14)20(21,22)23/h3-9,12-13H,10-11H2,1-2H3. The first-order chi connectivity index (χ1) is 13.5. The topological polar surface area (TPSA) is 57.7 Å². The van der Waals surface area contributed by atoms with Crippen LogP contribution < -0.4 is 4.90 Å². The van der Waals surface area contributed by atoms with Crippen LogP contribution in [0.15, 0.2) is 53.4 Å². The van der Waals surface area contributed by atoms with Crippen LogP contribution in [0.3, 0.4) is 0 Å². The number of rotatable bonds is 4. The van der Waals surface area contributed by atoms with E-state index in [-0.39, 0.29) is 16.4 Å². The molecule has 0 unspecified atom stereocenters. The summed E-state index contributed by atoms with van der Waals surface area (Å²) in [5.74, 6) is -0.385. The van der Waals surface area contributed by atoms with Crippen LogP contribution in [-0.4, -0.2) is 39.3 Å². The maximum Gasteiger partial charge on any atom is 0.416 e. The average Bonchev–Trinajstić information content (AvgIpc) is 3.09. The molecule has 0 fully saturated rings. The van der Waals surface area contributed by atoms with E-state index in [0.29, 0.717) is 18.7 Å². The molecule has 1 amide bonds. The average molecular weight is 424 g/mol. The maximum atomic E-state index is 12.8. The summed E-state index contributed by atoms with van der Waals surface area (Å²) in [4.78, 5) is 14.2. The predicted molar refractivity (Wildman–Crippen MR) is 104 cm³/mol. The zero-order valence-corrected chi connectivity index (χ0v) is 16.6. The molecule has 0 saturated carbocycles. The van der Waals surface area contributed by atoms with Gasteiger partial charge in [-0.25, -0.2) is 12.7 Å². The smallest absolute Gasteiger partial charge is 0.308 e. The summed E-state index contributed by atoms with van der Waals surface area (Å²) in [6.07, 6.45) is -1.41. The Kier molecular flexibility index (Phi) is 5.55. The van der Waals surface area contributed by atoms with Gasteiger partial charge in [-0.05, 0) is 54.0 Å². The minimum Gasteiger partial charge on any atom is -0.308 e. The molecule has 0 aliphatic carbocycles. The van der Waals surface area contributed by atoms with E-state index in [4.69, 9.17) is 0 Å². The van der Waals surface area contributed by atoms with Crippen molar-refractivity contribution in [2.24, 2.45) is 0 Å². The van der Waals surface area contributed by atoms with Crippen molar-refractivity contribution < 1.29 is 26.4 Å². The molecule has 2 aromatic rings. The van der Waals surface area contributed by atoms with E-state index >= 15 is 0 Å². The number of alkyl halides is 3. The third kappa shape index (κ3) is 4.35. The predicted octanol–water partition coefficient (Wildman–Crippen LogP) is 3.56. The van der Waals surface area contributed by atoms with Crippen LogP contribution in [0.5, 0.6) is 0 Å². The second-order valence-electron chi connectivity index (χ2n) is 6.77. The van der Waals surface area contributed by atoms with E-state index in [1.165, 1.54) is 49.3 Å². The van der Waals surface area contributed by atoms with Gasteiger partial charge in [0.1, 0.15) is 0 Å². The molecule has 0 atom stereocenters. The van der Waals surface area contributed by atoms with E-state index in [2.05, 4.69) is 0 Å². The number of hydrogen-bond donors (Lipinski definition) is 0. The number of halogens is 3. The Morgan fingerprint density at radius 2 is 1.86 bits per heavy atom. The van der Waals surface area contributed by atoms with Crippen LogP contribution in [0.2, 0.25) is 0 Å². The minimum absolute atomic E-state index is 0.148. The monoisotopic (exact) mass is 424 g/mol. The number of anilines is 1. The van der Waals surface area contributed by atoms with Crippen molar-refractivity contribution in [3.05, 3.63) is 65.2 Å². The van der Waals surface area contributed by atoms with Crippen molar-refractivity contribution in [3.63, 3.8) is 0 Å². The van der Waals surface area contributed by atoms with E-state index in [9.17, 15) is 26.4 Å². The number of fused-ring (bicyclic) bond motifs is 1. The third-order valence-corrected chi connectivity index (χ3v) is 6.43. The summed E-state index contributed by atoms with van der Waals surface area (Å²) in [6, 6.07) is 9.27. The molecule has 3 rings (SSSR count). The Bertz CT molecular complexity index is 1080. The van der Waals surface area contributed by atoms with Crippen LogP contribution in [0.1, 0.15) is 16.7 Å². The first-order valence-corrected chi connectivity index (χ1v) is 10.2. The van der Waals surface area contributed by atoms with E-state index in [1.807, 2.05) is 0 Å². The Hall–Kier alpha value is -2.65. The minimum atomic E-state index is -4.45. The number of amides is 1. The van der Waals surface area contributed by atoms with Crippen molar-refractivity contribution in [2.45, 2.75) is 17.5 Å². The van der Waals surface area contributed by atoms with E-state index in [0.717, 1.165) is 22.0 Å². The first kappa shape index (κ1) is 21.1. The fraction of sp³-hybridized carbons (Fsp3) is 0.250. The highest BCUT2D eigenvalue weighted by Crippen LogP contribution is 2.32. The highest BCUT2D eigenvalue weighted by molar-refractivity contribution is 7.89. The Balaban J connectivity index is 1.81. The second-order valence-corrected chi connectivity index (χ2v) is 8.93. The van der Waals surface area contributed by atoms with Gasteiger partial charge in [0.2, 0.25) is 10.0 Å². The maximum absolute atomic E-state index is 12.8. The molecule has 9 heteroatoms. The summed E-state index contributed by atoms with van der Waals surface area (Å²) in [5, 5.41) is 0. The van der Waals surface area contributed by atoms with Crippen molar-refractivity contribution in [1.29, 1.82) is 0 Å². The van der Waals surface area contributed by atoms with Gasteiger partial charge in [-0.15, -0.1) is 0 Å². The lowest BCUT2D eigenvalue weighted by molar-refractivity contribution is -0.137. The Morgan fingerprint density at radius 3 is 2.52 bits per heavy atom. The second kappa shape index (κ2) is 7.64. The lowest BCUT2D eigenvalue weighted by atomic mass is 10.1. The normalized spacial score (nSPS) is 14.6. The zero-order chi connectivity index (χ0) is 21.4. The quantitative estimate of drug-likeness (QED) is 0.706. The van der Waals surface area contributed by atoms with Gasteiger partial charge in [-0.1, -0.05) is 12.1 Å². The molecule has 29 heavy (non-hydrogen) atoms. The molecule has 1 aliphatic heterocycles. The van der Waals surface area contributed by atoms with Gasteiger partial charge in [0, 0.05) is 32.4 Å². The van der Waals surface area contributed by atoms with Gasteiger partial charge in [0.05, 0.1) is 10.5 Å². The van der Waals surface area contributed by atoms with Crippen LogP contribution in [0.4, 0.5) is 18.9 Å². The SMILES string of the molecule is CN(C)S(=O)(=O)c1ccc2c(c1)CCN2C(=O)C=Cc1cccc(C(F)(F)F)c1. The number of carbonyl (C=O) groups is 1. The molecule has 0 bridgehead atoms. The lowest BCUT2D eigenvalue weighted by Gasteiger charge is -2.16. The highest BCUT2D eigenvalue weighted by Gasteiger charge is 2.30. The van der Waals surface area contributed by atoms with Gasteiger partial charge >= 0.3 is 6.18 Å². The van der Waals surface area contributed by atoms with E-state index < -0.39 is 21.8 Å². The summed E-state index contributed by atoms with van der Waals surface area (Å²) in [5.41, 5.74) is 0.809. The summed E-state index contributed by atoms with van der Waals surface area (Å²) < 4.78 is 64.0. The van der Waals surface area contributed by atoms with Crippen molar-refractivity contribution in [1.82, 2.24) is 4.31 Å². The first-order valence-electron chi connectivity index (χ1n) is 8.72. The lowest BCUT2D eigenvalue weighted by Crippen LogP contribution is -2.27. The van der Waals surface area contributed by atoms with Crippen molar-refractivity contribution in [3.8, 4) is 0 Å². The molecule has 0 radical (unpaired) electrons.